The number of oxazole rings is 1. The van der Waals surface area contributed by atoms with Crippen molar-refractivity contribution in [2.24, 2.45) is 0 Å². The third-order valence-electron chi connectivity index (χ3n) is 4.68. The smallest absolute Gasteiger partial charge is 0.191 e. The van der Waals surface area contributed by atoms with E-state index in [1.165, 1.54) is 18.4 Å². The SMILES string of the molecule is Cc1nc(CN2CCC[C@@H](c3nc4c(C)cccc4[nH]3)C2)co1. The highest BCUT2D eigenvalue weighted by Gasteiger charge is 2.24. The van der Waals surface area contributed by atoms with Crippen LogP contribution in [-0.4, -0.2) is 32.9 Å². The van der Waals surface area contributed by atoms with Gasteiger partial charge in [-0.25, -0.2) is 9.97 Å². The van der Waals surface area contributed by atoms with Gasteiger partial charge in [0, 0.05) is 25.9 Å². The van der Waals surface area contributed by atoms with Crippen molar-refractivity contribution >= 4 is 11.0 Å². The molecule has 1 aromatic carbocycles. The molecule has 5 heteroatoms. The van der Waals surface area contributed by atoms with Crippen LogP contribution < -0.4 is 0 Å². The maximum Gasteiger partial charge on any atom is 0.191 e. The third-order valence-corrected chi connectivity index (χ3v) is 4.68. The van der Waals surface area contributed by atoms with Crippen LogP contribution in [0.15, 0.2) is 28.9 Å². The molecule has 0 bridgehead atoms. The van der Waals surface area contributed by atoms with E-state index in [-0.39, 0.29) is 0 Å². The molecular weight excluding hydrogens is 288 g/mol. The van der Waals surface area contributed by atoms with E-state index < -0.39 is 0 Å². The minimum absolute atomic E-state index is 0.462. The number of benzene rings is 1. The van der Waals surface area contributed by atoms with Crippen LogP contribution in [0.1, 0.15) is 41.7 Å². The Kier molecular flexibility index (Phi) is 3.65. The number of hydrogen-bond donors (Lipinski definition) is 1. The van der Waals surface area contributed by atoms with E-state index >= 15 is 0 Å². The molecule has 2 aromatic heterocycles. The number of aromatic nitrogens is 3. The van der Waals surface area contributed by atoms with E-state index in [0.717, 1.165) is 48.1 Å². The zero-order valence-corrected chi connectivity index (χ0v) is 13.7. The standard InChI is InChI=1S/C18H22N4O/c1-12-5-3-7-16-17(12)21-18(20-16)14-6-4-8-22(9-14)10-15-11-23-13(2)19-15/h3,5,7,11,14H,4,6,8-10H2,1-2H3,(H,20,21)/t14-/m1/s1. The zero-order valence-electron chi connectivity index (χ0n) is 13.7. The number of aryl methyl sites for hydroxylation is 2. The molecule has 0 amide bonds. The molecule has 0 saturated carbocycles. The number of aromatic amines is 1. The second-order valence-corrected chi connectivity index (χ2v) is 6.53. The van der Waals surface area contributed by atoms with Crippen molar-refractivity contribution < 1.29 is 4.42 Å². The van der Waals surface area contributed by atoms with Gasteiger partial charge in [-0.15, -0.1) is 0 Å². The van der Waals surface area contributed by atoms with Gasteiger partial charge < -0.3 is 9.40 Å². The fourth-order valence-electron chi connectivity index (χ4n) is 3.52. The monoisotopic (exact) mass is 310 g/mol. The highest BCUT2D eigenvalue weighted by Crippen LogP contribution is 2.28. The minimum Gasteiger partial charge on any atom is -0.449 e. The highest BCUT2D eigenvalue weighted by atomic mass is 16.3. The molecular formula is C18H22N4O. The quantitative estimate of drug-likeness (QED) is 0.804. The third kappa shape index (κ3) is 2.88. The molecule has 1 saturated heterocycles. The van der Waals surface area contributed by atoms with Gasteiger partial charge in [0.15, 0.2) is 5.89 Å². The molecule has 0 spiro atoms. The van der Waals surface area contributed by atoms with E-state index in [4.69, 9.17) is 9.40 Å². The topological polar surface area (TPSA) is 58.0 Å². The molecule has 1 fully saturated rings. The van der Waals surface area contributed by atoms with Gasteiger partial charge in [0.1, 0.15) is 12.1 Å². The molecule has 4 rings (SSSR count). The molecule has 120 valence electrons. The van der Waals surface area contributed by atoms with E-state index in [1.807, 2.05) is 6.92 Å². The summed E-state index contributed by atoms with van der Waals surface area (Å²) in [7, 11) is 0. The first-order valence-electron chi connectivity index (χ1n) is 8.27. The number of nitrogens with zero attached hydrogens (tertiary/aromatic N) is 3. The van der Waals surface area contributed by atoms with Crippen molar-refractivity contribution in [2.45, 2.75) is 39.2 Å². The number of H-pyrrole nitrogens is 1. The van der Waals surface area contributed by atoms with Gasteiger partial charge in [-0.1, -0.05) is 12.1 Å². The average molecular weight is 310 g/mol. The highest BCUT2D eigenvalue weighted by molar-refractivity contribution is 5.78. The predicted molar refractivity (Wildman–Crippen MR) is 89.3 cm³/mol. The number of imidazole rings is 1. The lowest BCUT2D eigenvalue weighted by Gasteiger charge is -2.31. The van der Waals surface area contributed by atoms with Crippen molar-refractivity contribution in [3.05, 3.63) is 47.4 Å². The Morgan fingerprint density at radius 2 is 2.22 bits per heavy atom. The van der Waals surface area contributed by atoms with Gasteiger partial charge in [0.05, 0.1) is 16.7 Å². The Bertz CT molecular complexity index is 819. The summed E-state index contributed by atoms with van der Waals surface area (Å²) >= 11 is 0. The van der Waals surface area contributed by atoms with Crippen molar-refractivity contribution in [1.29, 1.82) is 0 Å². The number of para-hydroxylation sites is 1. The van der Waals surface area contributed by atoms with Crippen LogP contribution in [0, 0.1) is 13.8 Å². The Morgan fingerprint density at radius 1 is 1.30 bits per heavy atom. The lowest BCUT2D eigenvalue weighted by molar-refractivity contribution is 0.195. The largest absolute Gasteiger partial charge is 0.449 e. The maximum absolute atomic E-state index is 5.31. The van der Waals surface area contributed by atoms with Crippen LogP contribution in [0.4, 0.5) is 0 Å². The molecule has 0 radical (unpaired) electrons. The lowest BCUT2D eigenvalue weighted by atomic mass is 9.97. The van der Waals surface area contributed by atoms with E-state index in [1.54, 1.807) is 6.26 Å². The molecule has 1 aliphatic heterocycles. The summed E-state index contributed by atoms with van der Waals surface area (Å²) in [6.07, 6.45) is 4.15. The molecule has 0 aliphatic carbocycles. The van der Waals surface area contributed by atoms with Crippen LogP contribution in [-0.2, 0) is 6.54 Å². The van der Waals surface area contributed by atoms with Crippen molar-refractivity contribution in [3.63, 3.8) is 0 Å². The summed E-state index contributed by atoms with van der Waals surface area (Å²) in [5, 5.41) is 0. The van der Waals surface area contributed by atoms with Gasteiger partial charge in [0.25, 0.3) is 0 Å². The van der Waals surface area contributed by atoms with Crippen LogP contribution in [0.2, 0.25) is 0 Å². The summed E-state index contributed by atoms with van der Waals surface area (Å²) in [6, 6.07) is 6.31. The second-order valence-electron chi connectivity index (χ2n) is 6.53. The maximum atomic E-state index is 5.31. The molecule has 1 aliphatic rings. The fraction of sp³-hybridized carbons (Fsp3) is 0.444. The van der Waals surface area contributed by atoms with Crippen LogP contribution in [0.25, 0.3) is 11.0 Å². The first kappa shape index (κ1) is 14.5. The summed E-state index contributed by atoms with van der Waals surface area (Å²) in [5.41, 5.74) is 4.50. The summed E-state index contributed by atoms with van der Waals surface area (Å²) in [6.45, 7) is 6.99. The molecule has 3 aromatic rings. The normalized spacial score (nSPS) is 19.5. The number of likely N-dealkylation sites (tertiary alicyclic amines) is 1. The predicted octanol–water partition coefficient (Wildman–Crippen LogP) is 3.55. The fourth-order valence-corrected chi connectivity index (χ4v) is 3.52. The number of piperidine rings is 1. The molecule has 3 heterocycles. The van der Waals surface area contributed by atoms with Gasteiger partial charge >= 0.3 is 0 Å². The van der Waals surface area contributed by atoms with Crippen molar-refractivity contribution in [1.82, 2.24) is 19.9 Å². The Balaban J connectivity index is 1.52. The first-order valence-corrected chi connectivity index (χ1v) is 8.27. The number of nitrogens with one attached hydrogen (secondary N) is 1. The van der Waals surface area contributed by atoms with Gasteiger partial charge in [-0.2, -0.15) is 0 Å². The average Bonchev–Trinajstić information content (AvgIpc) is 3.15. The lowest BCUT2D eigenvalue weighted by Crippen LogP contribution is -2.34. The molecule has 1 atom stereocenters. The van der Waals surface area contributed by atoms with Crippen LogP contribution in [0.3, 0.4) is 0 Å². The Labute approximate surface area is 135 Å². The van der Waals surface area contributed by atoms with Crippen LogP contribution in [0.5, 0.6) is 0 Å². The van der Waals surface area contributed by atoms with Crippen LogP contribution >= 0.6 is 0 Å². The van der Waals surface area contributed by atoms with Gasteiger partial charge in [-0.3, -0.25) is 4.90 Å². The second kappa shape index (κ2) is 5.81. The number of rotatable bonds is 3. The summed E-state index contributed by atoms with van der Waals surface area (Å²) in [5.74, 6) is 2.32. The first-order chi connectivity index (χ1) is 11.2. The van der Waals surface area contributed by atoms with E-state index in [0.29, 0.717) is 5.92 Å². The Hall–Kier alpha value is -2.14. The number of hydrogen-bond acceptors (Lipinski definition) is 4. The Morgan fingerprint density at radius 3 is 3.00 bits per heavy atom. The van der Waals surface area contributed by atoms with E-state index in [9.17, 15) is 0 Å². The van der Waals surface area contributed by atoms with E-state index in [2.05, 4.69) is 40.0 Å². The summed E-state index contributed by atoms with van der Waals surface area (Å²) < 4.78 is 5.31. The summed E-state index contributed by atoms with van der Waals surface area (Å²) in [4.78, 5) is 15.3. The van der Waals surface area contributed by atoms with Gasteiger partial charge in [-0.05, 0) is 37.9 Å². The minimum atomic E-state index is 0.462. The van der Waals surface area contributed by atoms with Gasteiger partial charge in [0.2, 0.25) is 0 Å². The molecule has 23 heavy (non-hydrogen) atoms. The zero-order chi connectivity index (χ0) is 15.8. The van der Waals surface area contributed by atoms with Crippen molar-refractivity contribution in [3.8, 4) is 0 Å². The molecule has 0 unspecified atom stereocenters. The van der Waals surface area contributed by atoms with Crippen molar-refractivity contribution in [2.75, 3.05) is 13.1 Å². The number of fused-ring (bicyclic) bond motifs is 1. The molecule has 5 nitrogen and oxygen atoms in total. The molecule has 1 N–H and O–H groups in total.